The van der Waals surface area contributed by atoms with Crippen LogP contribution in [0.15, 0.2) is 60.1 Å². The van der Waals surface area contributed by atoms with Crippen LogP contribution >= 0.6 is 11.3 Å². The second kappa shape index (κ2) is 19.9. The molecule has 5 N–H and O–H groups in total. The molecule has 5 aromatic rings. The van der Waals surface area contributed by atoms with Crippen LogP contribution < -0.4 is 20.9 Å². The van der Waals surface area contributed by atoms with Crippen molar-refractivity contribution in [1.82, 2.24) is 30.8 Å². The van der Waals surface area contributed by atoms with Gasteiger partial charge in [0.1, 0.15) is 12.1 Å². The minimum atomic E-state index is -0.932. The molecule has 0 radical (unpaired) electrons. The number of nitrogens with zero attached hydrogens (tertiary/aromatic N) is 4. The Kier molecular flexibility index (Phi) is 14.2. The first kappa shape index (κ1) is 49.1. The van der Waals surface area contributed by atoms with Crippen molar-refractivity contribution in [2.75, 3.05) is 24.5 Å². The molecule has 0 saturated carbocycles. The van der Waals surface area contributed by atoms with Gasteiger partial charge in [0.25, 0.3) is 0 Å². The van der Waals surface area contributed by atoms with Gasteiger partial charge in [-0.3, -0.25) is 24.0 Å². The third-order valence-electron chi connectivity index (χ3n) is 14.3. The Morgan fingerprint density at radius 3 is 2.38 bits per heavy atom. The van der Waals surface area contributed by atoms with Gasteiger partial charge in [0, 0.05) is 84.7 Å². The number of ketones is 1. The molecule has 69 heavy (non-hydrogen) atoms. The molecular formula is C54H64N8O6S. The number of nitrogens with one attached hydrogen (secondary N) is 4. The van der Waals surface area contributed by atoms with Gasteiger partial charge in [0.2, 0.25) is 23.6 Å². The number of aliphatic hydroxyl groups excluding tert-OH is 1. The van der Waals surface area contributed by atoms with E-state index in [-0.39, 0.29) is 61.9 Å². The zero-order chi connectivity index (χ0) is 49.4. The number of likely N-dealkylation sites (tertiary alicyclic amines) is 1. The summed E-state index contributed by atoms with van der Waals surface area (Å²) in [4.78, 5) is 80.9. The fourth-order valence-corrected chi connectivity index (χ4v) is 11.1. The fourth-order valence-electron chi connectivity index (χ4n) is 10.3. The molecule has 1 aliphatic carbocycles. The van der Waals surface area contributed by atoms with E-state index in [0.717, 1.165) is 93.0 Å². The first-order valence-corrected chi connectivity index (χ1v) is 25.1. The SMILES string of the molecule is CCc1cc2c(cc1N1CCC(NC(=O)CCCCC(=O)NC(C(=O)N3C[C@H](O)C[C@H]3C(=O)NCc3ccc(-c4scnc4C)cc3)C(C)(C)C)CC1)C(C)(C)c1[nH]c3cc(C#N)ccc3c1C2=O. The lowest BCUT2D eigenvalue weighted by Gasteiger charge is -2.38. The van der Waals surface area contributed by atoms with Crippen LogP contribution in [0.1, 0.15) is 136 Å². The van der Waals surface area contributed by atoms with E-state index < -0.39 is 34.9 Å². The molecule has 14 nitrogen and oxygen atoms in total. The molecule has 4 amide bonds. The van der Waals surface area contributed by atoms with Gasteiger partial charge in [-0.2, -0.15) is 5.26 Å². The number of fused-ring (bicyclic) bond motifs is 4. The predicted molar refractivity (Wildman–Crippen MR) is 268 cm³/mol. The molecule has 3 aromatic carbocycles. The third-order valence-corrected chi connectivity index (χ3v) is 15.2. The van der Waals surface area contributed by atoms with Crippen LogP contribution in [0.25, 0.3) is 21.3 Å². The molecule has 362 valence electrons. The molecule has 2 fully saturated rings. The predicted octanol–water partition coefficient (Wildman–Crippen LogP) is 7.36. The zero-order valence-corrected chi connectivity index (χ0v) is 41.6. The second-order valence-electron chi connectivity index (χ2n) is 20.6. The highest BCUT2D eigenvalue weighted by Gasteiger charge is 2.45. The number of β-amino-alcohol motifs (C(OH)–C–C–N with tert-alkyl or cyclic N) is 1. The van der Waals surface area contributed by atoms with Crippen molar-refractivity contribution in [2.24, 2.45) is 5.41 Å². The summed E-state index contributed by atoms with van der Waals surface area (Å²) in [6.07, 6.45) is 2.89. The Morgan fingerprint density at radius 1 is 1.01 bits per heavy atom. The Morgan fingerprint density at radius 2 is 1.72 bits per heavy atom. The molecule has 2 aromatic heterocycles. The standard InChI is InChI=1S/C54H64N8O6S/c1-8-34-24-39-40(54(6,7)49-46(47(39)66)38-18-15-33(27-55)23-41(38)59-49)26-42(34)61-21-19-36(20-22-61)58-44(64)11-9-10-12-45(65)60-50(53(3,4)5)52(68)62-29-37(63)25-43(62)51(67)56-28-32-13-16-35(17-14-32)48-31(2)57-30-69-48/h13-18,23-24,26,30,36-37,43,50,59,63H,8-12,19-22,25,28-29H2,1-7H3,(H,56,67)(H,58,64)(H,60,65)/t37-,43+,50?/m1/s1. The number of aryl methyl sites for hydroxylation is 2. The summed E-state index contributed by atoms with van der Waals surface area (Å²) >= 11 is 1.57. The molecule has 15 heteroatoms. The molecule has 3 atom stereocenters. The molecule has 0 bridgehead atoms. The molecular weight excluding hydrogens is 889 g/mol. The maximum Gasteiger partial charge on any atom is 0.246 e. The Hall–Kier alpha value is -6.37. The first-order valence-electron chi connectivity index (χ1n) is 24.3. The Bertz CT molecular complexity index is 2820. The van der Waals surface area contributed by atoms with Crippen molar-refractivity contribution in [2.45, 2.75) is 136 Å². The van der Waals surface area contributed by atoms with E-state index in [9.17, 15) is 34.3 Å². The van der Waals surface area contributed by atoms with Gasteiger partial charge in [0.15, 0.2) is 5.78 Å². The first-order chi connectivity index (χ1) is 32.9. The van der Waals surface area contributed by atoms with Crippen molar-refractivity contribution in [3.05, 3.63) is 105 Å². The highest BCUT2D eigenvalue weighted by atomic mass is 32.1. The van der Waals surface area contributed by atoms with Crippen LogP contribution in [0, 0.1) is 23.7 Å². The summed E-state index contributed by atoms with van der Waals surface area (Å²) in [5.41, 5.74) is 10.3. The summed E-state index contributed by atoms with van der Waals surface area (Å²) in [5.74, 6) is -1.16. The maximum absolute atomic E-state index is 14.1. The normalized spacial score (nSPS) is 18.3. The van der Waals surface area contributed by atoms with Crippen LogP contribution in [0.2, 0.25) is 0 Å². The number of aromatic amines is 1. The number of amides is 4. The number of anilines is 1. The average Bonchev–Trinajstić information content (AvgIpc) is 4.06. The molecule has 2 aliphatic heterocycles. The second-order valence-corrected chi connectivity index (χ2v) is 21.4. The van der Waals surface area contributed by atoms with Gasteiger partial charge in [-0.25, -0.2) is 4.98 Å². The number of carbonyl (C=O) groups excluding carboxylic acids is 5. The summed E-state index contributed by atoms with van der Waals surface area (Å²) in [7, 11) is 0. The average molecular weight is 953 g/mol. The van der Waals surface area contributed by atoms with Crippen LogP contribution in [-0.4, -0.2) is 93.3 Å². The van der Waals surface area contributed by atoms with Gasteiger partial charge in [0.05, 0.1) is 39.4 Å². The lowest BCUT2D eigenvalue weighted by Crippen LogP contribution is -2.57. The number of benzene rings is 3. The minimum absolute atomic E-state index is 0.00420. The number of aromatic nitrogens is 2. The maximum atomic E-state index is 14.1. The van der Waals surface area contributed by atoms with Gasteiger partial charge < -0.3 is 35.8 Å². The van der Waals surface area contributed by atoms with Crippen molar-refractivity contribution >= 4 is 57.3 Å². The van der Waals surface area contributed by atoms with Crippen LogP contribution in [0.4, 0.5) is 5.69 Å². The van der Waals surface area contributed by atoms with Gasteiger partial charge >= 0.3 is 0 Å². The molecule has 2 saturated heterocycles. The number of nitriles is 1. The fraction of sp³-hybridized carbons (Fsp3) is 0.463. The van der Waals surface area contributed by atoms with Gasteiger partial charge in [-0.1, -0.05) is 71.9 Å². The number of aliphatic hydroxyl groups is 1. The van der Waals surface area contributed by atoms with Crippen molar-refractivity contribution in [1.29, 1.82) is 5.26 Å². The lowest BCUT2D eigenvalue weighted by atomic mass is 9.70. The number of hydrogen-bond acceptors (Lipinski definition) is 10. The van der Waals surface area contributed by atoms with Crippen LogP contribution in [0.5, 0.6) is 0 Å². The Labute approximate surface area is 408 Å². The monoisotopic (exact) mass is 952 g/mol. The molecule has 4 heterocycles. The number of unbranched alkanes of at least 4 members (excludes halogenated alkanes) is 1. The molecule has 8 rings (SSSR count). The topological polar surface area (TPSA) is 201 Å². The van der Waals surface area contributed by atoms with E-state index in [2.05, 4.69) is 69.8 Å². The van der Waals surface area contributed by atoms with Crippen molar-refractivity contribution in [3.8, 4) is 16.5 Å². The summed E-state index contributed by atoms with van der Waals surface area (Å²) < 4.78 is 0. The smallest absolute Gasteiger partial charge is 0.246 e. The summed E-state index contributed by atoms with van der Waals surface area (Å²) in [5, 5.41) is 30.0. The van der Waals surface area contributed by atoms with E-state index in [4.69, 9.17) is 0 Å². The quantitative estimate of drug-likeness (QED) is 0.0706. The highest BCUT2D eigenvalue weighted by molar-refractivity contribution is 7.13. The largest absolute Gasteiger partial charge is 0.391 e. The number of hydrogen-bond donors (Lipinski definition) is 5. The molecule has 0 spiro atoms. The number of carbonyl (C=O) groups is 5. The van der Waals surface area contributed by atoms with E-state index in [1.807, 2.05) is 63.5 Å². The summed E-state index contributed by atoms with van der Waals surface area (Å²) in [6, 6.07) is 18.0. The minimum Gasteiger partial charge on any atom is -0.391 e. The van der Waals surface area contributed by atoms with E-state index in [0.29, 0.717) is 24.0 Å². The lowest BCUT2D eigenvalue weighted by molar-refractivity contribution is -0.144. The number of piperidine rings is 1. The summed E-state index contributed by atoms with van der Waals surface area (Å²) in [6.45, 7) is 15.7. The Balaban J connectivity index is 0.799. The van der Waals surface area contributed by atoms with Gasteiger partial charge in [-0.05, 0) is 91.0 Å². The molecule has 1 unspecified atom stereocenters. The van der Waals surface area contributed by atoms with Crippen molar-refractivity contribution in [3.63, 3.8) is 0 Å². The van der Waals surface area contributed by atoms with Crippen LogP contribution in [0.3, 0.4) is 0 Å². The number of thiazole rings is 1. The van der Waals surface area contributed by atoms with Crippen molar-refractivity contribution < 1.29 is 29.1 Å². The van der Waals surface area contributed by atoms with Gasteiger partial charge in [-0.15, -0.1) is 11.3 Å². The highest BCUT2D eigenvalue weighted by Crippen LogP contribution is 2.46. The number of rotatable bonds is 14. The third kappa shape index (κ3) is 10.2. The zero-order valence-electron chi connectivity index (χ0n) is 40.8. The van der Waals surface area contributed by atoms with Crippen LogP contribution in [-0.2, 0) is 37.6 Å². The molecule has 3 aliphatic rings. The van der Waals surface area contributed by atoms with E-state index in [1.54, 1.807) is 23.5 Å². The van der Waals surface area contributed by atoms with E-state index >= 15 is 0 Å². The number of H-pyrrole nitrogens is 1. The van der Waals surface area contributed by atoms with E-state index in [1.165, 1.54) is 4.90 Å².